The molecule has 0 spiro atoms. The summed E-state index contributed by atoms with van der Waals surface area (Å²) in [5.41, 5.74) is 7.84. The normalized spacial score (nSPS) is 17.9. The number of hydrogen-bond acceptors (Lipinski definition) is 6. The van der Waals surface area contributed by atoms with Gasteiger partial charge in [0.25, 0.3) is 0 Å². The van der Waals surface area contributed by atoms with Crippen molar-refractivity contribution in [3.05, 3.63) is 53.9 Å². The second kappa shape index (κ2) is 7.65. The van der Waals surface area contributed by atoms with Crippen LogP contribution in [0.3, 0.4) is 0 Å². The van der Waals surface area contributed by atoms with Crippen LogP contribution in [0, 0.1) is 24.3 Å². The lowest BCUT2D eigenvalue weighted by molar-refractivity contribution is 0.398. The van der Waals surface area contributed by atoms with E-state index >= 15 is 0 Å². The molecular weight excluding hydrogens is 350 g/mol. The van der Waals surface area contributed by atoms with Crippen molar-refractivity contribution < 1.29 is 0 Å². The smallest absolute Gasteiger partial charge is 0.117 e. The lowest BCUT2D eigenvalue weighted by atomic mass is 10.1. The number of aromatic nitrogens is 3. The molecule has 7 nitrogen and oxygen atoms in total. The maximum atomic E-state index is 5.68. The topological polar surface area (TPSA) is 70.7 Å². The number of fused-ring (bicyclic) bond motifs is 1. The molecule has 2 aliphatic heterocycles. The summed E-state index contributed by atoms with van der Waals surface area (Å²) in [6, 6.07) is 10.5. The Morgan fingerprint density at radius 2 is 2.25 bits per heavy atom. The molecule has 0 saturated carbocycles. The predicted octanol–water partition coefficient (Wildman–Crippen LogP) is 2.00. The van der Waals surface area contributed by atoms with Crippen molar-refractivity contribution in [3.63, 3.8) is 0 Å². The summed E-state index contributed by atoms with van der Waals surface area (Å²) in [4.78, 5) is 9.13. The molecule has 0 aliphatic carbocycles. The first-order chi connectivity index (χ1) is 13.7. The first-order valence-electron chi connectivity index (χ1n) is 8.69. The van der Waals surface area contributed by atoms with Crippen LogP contribution in [0.25, 0.3) is 16.7 Å². The van der Waals surface area contributed by atoms with Crippen LogP contribution >= 0.6 is 0 Å². The van der Waals surface area contributed by atoms with Crippen LogP contribution in [0.1, 0.15) is 6.42 Å². The van der Waals surface area contributed by atoms with E-state index in [-0.39, 0.29) is 0 Å². The van der Waals surface area contributed by atoms with Crippen LogP contribution in [0.2, 0.25) is 0 Å². The van der Waals surface area contributed by atoms with E-state index in [1.54, 1.807) is 15.9 Å². The molecule has 0 bridgehead atoms. The monoisotopic (exact) mass is 367 g/mol. The van der Waals surface area contributed by atoms with E-state index in [1.165, 1.54) is 0 Å². The Hall–Kier alpha value is -4.10. The summed E-state index contributed by atoms with van der Waals surface area (Å²) < 4.78 is 1.64. The van der Waals surface area contributed by atoms with Crippen LogP contribution in [0.15, 0.2) is 63.9 Å². The quantitative estimate of drug-likeness (QED) is 0.843. The fraction of sp³-hybridized carbons (Fsp3) is 0.143. The summed E-state index contributed by atoms with van der Waals surface area (Å²) in [6.07, 6.45) is 13.7. The zero-order chi connectivity index (χ0) is 19.3. The molecule has 0 saturated heterocycles. The molecule has 0 unspecified atom stereocenters. The Labute approximate surface area is 162 Å². The molecule has 28 heavy (non-hydrogen) atoms. The molecule has 2 aliphatic rings. The van der Waals surface area contributed by atoms with Crippen molar-refractivity contribution in [2.24, 2.45) is 9.98 Å². The number of nitrogens with one attached hydrogen (secondary N) is 1. The molecule has 1 aromatic heterocycles. The largest absolute Gasteiger partial charge is 0.291 e. The third-order valence-electron chi connectivity index (χ3n) is 4.20. The highest BCUT2D eigenvalue weighted by atomic mass is 15.5. The number of hydrogen-bond donors (Lipinski definition) is 1. The molecule has 4 rings (SSSR count). The van der Waals surface area contributed by atoms with Crippen LogP contribution in [-0.2, 0) is 0 Å². The van der Waals surface area contributed by atoms with Crippen molar-refractivity contribution in [2.45, 2.75) is 6.42 Å². The van der Waals surface area contributed by atoms with Gasteiger partial charge in [-0.25, -0.2) is 4.68 Å². The molecule has 0 atom stereocenters. The number of nitrogens with zero attached hydrogens (tertiary/aromatic N) is 6. The van der Waals surface area contributed by atoms with E-state index in [2.05, 4.69) is 43.6 Å². The first-order valence-corrected chi connectivity index (χ1v) is 8.69. The average molecular weight is 367 g/mol. The highest BCUT2D eigenvalue weighted by Crippen LogP contribution is 2.16. The van der Waals surface area contributed by atoms with Gasteiger partial charge in [-0.2, -0.15) is 0 Å². The van der Waals surface area contributed by atoms with Gasteiger partial charge in [-0.05, 0) is 24.3 Å². The Morgan fingerprint density at radius 3 is 3.07 bits per heavy atom. The van der Waals surface area contributed by atoms with Crippen molar-refractivity contribution in [2.75, 3.05) is 13.6 Å². The van der Waals surface area contributed by atoms with Gasteiger partial charge in [0.2, 0.25) is 0 Å². The van der Waals surface area contributed by atoms with Gasteiger partial charge >= 0.3 is 0 Å². The molecule has 0 fully saturated rings. The van der Waals surface area contributed by atoms with Gasteiger partial charge in [0.15, 0.2) is 0 Å². The number of aliphatic imine (C=N–C) groups is 2. The van der Waals surface area contributed by atoms with E-state index in [9.17, 15) is 0 Å². The SMILES string of the molecule is C#C/C(=C\C=C1/CN=C(C2=CN(C)NC#CC2)C=N1)n1nnc2ccccc21. The Balaban J connectivity index is 1.54. The Kier molecular flexibility index (Phi) is 4.73. The maximum Gasteiger partial charge on any atom is 0.117 e. The molecule has 2 aromatic rings. The lowest BCUT2D eigenvalue weighted by Crippen LogP contribution is -2.25. The minimum absolute atomic E-state index is 0.472. The zero-order valence-corrected chi connectivity index (χ0v) is 15.3. The Morgan fingerprint density at radius 1 is 1.36 bits per heavy atom. The number of para-hydroxylation sites is 1. The lowest BCUT2D eigenvalue weighted by Gasteiger charge is -2.14. The number of allylic oxidation sites excluding steroid dienone is 4. The van der Waals surface area contributed by atoms with Gasteiger partial charge in [-0.1, -0.05) is 29.2 Å². The van der Waals surface area contributed by atoms with Gasteiger partial charge < -0.3 is 0 Å². The molecule has 0 amide bonds. The third-order valence-corrected chi connectivity index (χ3v) is 4.20. The first kappa shape index (κ1) is 17.3. The summed E-state index contributed by atoms with van der Waals surface area (Å²) in [5.74, 6) is 5.70. The van der Waals surface area contributed by atoms with Crippen molar-refractivity contribution in [1.29, 1.82) is 0 Å². The second-order valence-electron chi connectivity index (χ2n) is 6.16. The summed E-state index contributed by atoms with van der Waals surface area (Å²) >= 11 is 0. The van der Waals surface area contributed by atoms with Crippen LogP contribution in [0.4, 0.5) is 0 Å². The zero-order valence-electron chi connectivity index (χ0n) is 15.3. The Bertz CT molecular complexity index is 1170. The number of hydrazine groups is 1. The van der Waals surface area contributed by atoms with Crippen molar-refractivity contribution >= 4 is 28.7 Å². The van der Waals surface area contributed by atoms with Crippen LogP contribution in [-0.4, -0.2) is 45.5 Å². The van der Waals surface area contributed by atoms with Gasteiger partial charge in [0.1, 0.15) is 11.2 Å². The van der Waals surface area contributed by atoms with Crippen molar-refractivity contribution in [3.8, 4) is 24.3 Å². The van der Waals surface area contributed by atoms with Crippen LogP contribution < -0.4 is 5.43 Å². The minimum Gasteiger partial charge on any atom is -0.291 e. The average Bonchev–Trinajstić information content (AvgIpc) is 3.03. The number of benzene rings is 1. The fourth-order valence-corrected chi connectivity index (χ4v) is 2.81. The highest BCUT2D eigenvalue weighted by Gasteiger charge is 2.11. The fourth-order valence-electron chi connectivity index (χ4n) is 2.81. The molecule has 3 heterocycles. The molecule has 136 valence electrons. The van der Waals surface area contributed by atoms with Gasteiger partial charge in [0.05, 0.1) is 29.7 Å². The number of terminal acetylenes is 1. The summed E-state index contributed by atoms with van der Waals surface area (Å²) in [5, 5.41) is 10.1. The third kappa shape index (κ3) is 3.55. The predicted molar refractivity (Wildman–Crippen MR) is 111 cm³/mol. The molecule has 1 aromatic carbocycles. The highest BCUT2D eigenvalue weighted by molar-refractivity contribution is 6.38. The van der Waals surface area contributed by atoms with E-state index < -0.39 is 0 Å². The van der Waals surface area contributed by atoms with E-state index in [4.69, 9.17) is 6.42 Å². The second-order valence-corrected chi connectivity index (χ2v) is 6.16. The van der Waals surface area contributed by atoms with Gasteiger partial charge in [-0.3, -0.25) is 20.4 Å². The van der Waals surface area contributed by atoms with Gasteiger partial charge in [0, 0.05) is 31.3 Å². The maximum absolute atomic E-state index is 5.68. The van der Waals surface area contributed by atoms with E-state index in [1.807, 2.05) is 49.7 Å². The van der Waals surface area contributed by atoms with Crippen molar-refractivity contribution in [1.82, 2.24) is 25.4 Å². The van der Waals surface area contributed by atoms with Crippen LogP contribution in [0.5, 0.6) is 0 Å². The molecule has 7 heteroatoms. The number of rotatable bonds is 3. The summed E-state index contributed by atoms with van der Waals surface area (Å²) in [6.45, 7) is 0.472. The summed E-state index contributed by atoms with van der Waals surface area (Å²) in [7, 11) is 1.89. The minimum atomic E-state index is 0.472. The standard InChI is InChI=1S/C21H17N7/c1-3-18(28-21-9-5-4-8-19(21)25-26-28)11-10-17-13-23-20(14-22-17)16-7-6-12-24-27(2)15-16/h1,4-5,8-11,14-15,24H,7,13H2,2H3/b17-10+,18-11+. The molecular formula is C21H17N7. The molecule has 1 N–H and O–H groups in total. The molecule has 0 radical (unpaired) electrons. The van der Waals surface area contributed by atoms with E-state index in [0.29, 0.717) is 18.7 Å². The van der Waals surface area contributed by atoms with Gasteiger partial charge in [-0.15, -0.1) is 11.5 Å². The van der Waals surface area contributed by atoms with E-state index in [0.717, 1.165) is 28.0 Å².